The Kier molecular flexibility index (Phi) is 5.95. The molecule has 5 saturated carbocycles. The van der Waals surface area contributed by atoms with Crippen molar-refractivity contribution in [2.45, 2.75) is 76.5 Å². The van der Waals surface area contributed by atoms with Crippen LogP contribution in [0.25, 0.3) is 0 Å². The number of nitrogens with two attached hydrogens (primary N) is 1. The predicted octanol–water partition coefficient (Wildman–Crippen LogP) is 6.78. The van der Waals surface area contributed by atoms with E-state index in [1.165, 1.54) is 69.8 Å². The average Bonchev–Trinajstić information content (AvgIpc) is 2.72. The molecule has 5 fully saturated rings. The Morgan fingerprint density at radius 2 is 1.66 bits per heavy atom. The van der Waals surface area contributed by atoms with Crippen molar-refractivity contribution in [2.75, 3.05) is 6.54 Å². The Balaban J connectivity index is 1.26. The van der Waals surface area contributed by atoms with Gasteiger partial charge in [0.05, 0.1) is 0 Å². The first-order chi connectivity index (χ1) is 14.2. The third-order valence-electron chi connectivity index (χ3n) is 8.80. The van der Waals surface area contributed by atoms with Crippen LogP contribution < -0.4 is 5.73 Å². The van der Waals surface area contributed by atoms with Gasteiger partial charge >= 0.3 is 0 Å². The molecule has 0 radical (unpaired) electrons. The zero-order valence-electron chi connectivity index (χ0n) is 17.7. The molecule has 2 N–H and O–H groups in total. The number of rotatable bonds is 4. The van der Waals surface area contributed by atoms with Crippen LogP contribution in [0.1, 0.15) is 87.7 Å². The smallest absolute Gasteiger partial charge is 0.0453 e. The van der Waals surface area contributed by atoms with E-state index in [0.717, 1.165) is 53.1 Å². The maximum Gasteiger partial charge on any atom is 0.0453 e. The maximum absolute atomic E-state index is 6.82. The zero-order chi connectivity index (χ0) is 19.8. The summed E-state index contributed by atoms with van der Waals surface area (Å²) in [6.45, 7) is 0.769. The third kappa shape index (κ3) is 4.13. The summed E-state index contributed by atoms with van der Waals surface area (Å²) in [6, 6.07) is 6.66. The van der Waals surface area contributed by atoms with Gasteiger partial charge in [0.1, 0.15) is 0 Å². The van der Waals surface area contributed by atoms with Crippen molar-refractivity contribution in [2.24, 2.45) is 41.2 Å². The minimum Gasteiger partial charge on any atom is -0.330 e. The van der Waals surface area contributed by atoms with E-state index in [2.05, 4.69) is 30.0 Å². The Morgan fingerprint density at radius 3 is 2.28 bits per heavy atom. The van der Waals surface area contributed by atoms with Crippen LogP contribution in [0.5, 0.6) is 0 Å². The maximum atomic E-state index is 6.82. The normalized spacial score (nSPS) is 34.6. The summed E-state index contributed by atoms with van der Waals surface area (Å²) >= 11 is 6.82. The Morgan fingerprint density at radius 1 is 0.966 bits per heavy atom. The molecule has 1 unspecified atom stereocenters. The van der Waals surface area contributed by atoms with E-state index in [4.69, 9.17) is 17.3 Å². The summed E-state index contributed by atoms with van der Waals surface area (Å²) in [5.74, 6) is 12.7. The highest BCUT2D eigenvalue weighted by atomic mass is 35.5. The van der Waals surface area contributed by atoms with E-state index in [0.29, 0.717) is 11.8 Å². The fraction of sp³-hybridized carbons (Fsp3) is 0.704. The molecule has 4 bridgehead atoms. The van der Waals surface area contributed by atoms with Gasteiger partial charge in [-0.2, -0.15) is 0 Å². The highest BCUT2D eigenvalue weighted by Gasteiger charge is 2.48. The average molecular weight is 410 g/mol. The summed E-state index contributed by atoms with van der Waals surface area (Å²) in [7, 11) is 0. The molecular formula is C27H36ClN. The highest BCUT2D eigenvalue weighted by Crippen LogP contribution is 2.60. The molecule has 0 amide bonds. The van der Waals surface area contributed by atoms with Gasteiger partial charge in [0.25, 0.3) is 0 Å². The highest BCUT2D eigenvalue weighted by molar-refractivity contribution is 6.31. The van der Waals surface area contributed by atoms with Crippen molar-refractivity contribution in [1.82, 2.24) is 0 Å². The van der Waals surface area contributed by atoms with Crippen LogP contribution >= 0.6 is 11.6 Å². The van der Waals surface area contributed by atoms with E-state index in [1.807, 2.05) is 0 Å². The van der Waals surface area contributed by atoms with Gasteiger partial charge in [0.2, 0.25) is 0 Å². The molecule has 0 spiro atoms. The lowest BCUT2D eigenvalue weighted by Crippen LogP contribution is -2.43. The molecule has 1 nitrogen and oxygen atoms in total. The molecule has 6 rings (SSSR count). The van der Waals surface area contributed by atoms with Crippen molar-refractivity contribution in [3.63, 3.8) is 0 Å². The lowest BCUT2D eigenvalue weighted by atomic mass is 9.51. The first-order valence-corrected chi connectivity index (χ1v) is 12.6. The van der Waals surface area contributed by atoms with E-state index in [9.17, 15) is 0 Å². The SMILES string of the molecule is NCC(CC#Cc1ccc(C2C3CC4CC(C3)CC2C4)c(Cl)c1)C1CCCCC1. The van der Waals surface area contributed by atoms with E-state index >= 15 is 0 Å². The molecule has 1 aromatic rings. The second kappa shape index (κ2) is 8.64. The predicted molar refractivity (Wildman–Crippen MR) is 122 cm³/mol. The van der Waals surface area contributed by atoms with Gasteiger partial charge in [-0.05, 0) is 97.8 Å². The first-order valence-electron chi connectivity index (χ1n) is 12.2. The molecule has 5 aliphatic carbocycles. The Hall–Kier alpha value is -0.970. The van der Waals surface area contributed by atoms with Gasteiger partial charge in [-0.3, -0.25) is 0 Å². The summed E-state index contributed by atoms with van der Waals surface area (Å²) in [6.07, 6.45) is 15.0. The minimum absolute atomic E-state index is 0.561. The van der Waals surface area contributed by atoms with Crippen LogP contribution in [-0.4, -0.2) is 6.54 Å². The Labute approximate surface area is 182 Å². The molecule has 0 aromatic heterocycles. The summed E-state index contributed by atoms with van der Waals surface area (Å²) in [4.78, 5) is 0. The van der Waals surface area contributed by atoms with Crippen LogP contribution in [0.3, 0.4) is 0 Å². The van der Waals surface area contributed by atoms with Crippen LogP contribution in [0, 0.1) is 47.3 Å². The van der Waals surface area contributed by atoms with E-state index in [1.54, 1.807) is 0 Å². The monoisotopic (exact) mass is 409 g/mol. The van der Waals surface area contributed by atoms with Gasteiger partial charge in [-0.1, -0.05) is 61.6 Å². The lowest BCUT2D eigenvalue weighted by Gasteiger charge is -2.54. The molecular weight excluding hydrogens is 374 g/mol. The lowest BCUT2D eigenvalue weighted by molar-refractivity contribution is -0.00275. The number of hydrogen-bond donors (Lipinski definition) is 1. The van der Waals surface area contributed by atoms with Crippen molar-refractivity contribution < 1.29 is 0 Å². The number of hydrogen-bond acceptors (Lipinski definition) is 1. The van der Waals surface area contributed by atoms with E-state index < -0.39 is 0 Å². The van der Waals surface area contributed by atoms with Crippen LogP contribution in [0.2, 0.25) is 5.02 Å². The largest absolute Gasteiger partial charge is 0.330 e. The van der Waals surface area contributed by atoms with Gasteiger partial charge < -0.3 is 5.73 Å². The summed E-state index contributed by atoms with van der Waals surface area (Å²) < 4.78 is 0. The Bertz CT molecular complexity index is 753. The van der Waals surface area contributed by atoms with Crippen LogP contribution in [-0.2, 0) is 0 Å². The van der Waals surface area contributed by atoms with Crippen molar-refractivity contribution in [3.8, 4) is 11.8 Å². The fourth-order valence-corrected chi connectivity index (χ4v) is 7.95. The van der Waals surface area contributed by atoms with Gasteiger partial charge in [-0.15, -0.1) is 0 Å². The van der Waals surface area contributed by atoms with Crippen molar-refractivity contribution in [1.29, 1.82) is 0 Å². The molecule has 1 aromatic carbocycles. The van der Waals surface area contributed by atoms with Gasteiger partial charge in [0.15, 0.2) is 0 Å². The molecule has 156 valence electrons. The molecule has 5 aliphatic rings. The summed E-state index contributed by atoms with van der Waals surface area (Å²) in [5, 5.41) is 0.955. The molecule has 0 aliphatic heterocycles. The first kappa shape index (κ1) is 20.0. The van der Waals surface area contributed by atoms with Crippen molar-refractivity contribution >= 4 is 11.6 Å². The minimum atomic E-state index is 0.561. The molecule has 29 heavy (non-hydrogen) atoms. The summed E-state index contributed by atoms with van der Waals surface area (Å²) in [5.41, 5.74) is 8.56. The van der Waals surface area contributed by atoms with Gasteiger partial charge in [-0.25, -0.2) is 0 Å². The van der Waals surface area contributed by atoms with Gasteiger partial charge in [0, 0.05) is 17.0 Å². The second-order valence-corrected chi connectivity index (χ2v) is 11.0. The molecule has 1 atom stereocenters. The topological polar surface area (TPSA) is 26.0 Å². The quantitative estimate of drug-likeness (QED) is 0.545. The standard InChI is InChI=1S/C27H36ClN/c28-26-16-18(5-4-8-22(17-29)21-6-2-1-3-7-21)9-10-25(26)27-23-12-19-11-20(14-23)15-24(27)13-19/h9-10,16,19-24,27H,1-3,6-8,11-15,17,29H2. The number of benzene rings is 1. The zero-order valence-corrected chi connectivity index (χ0v) is 18.5. The van der Waals surface area contributed by atoms with E-state index in [-0.39, 0.29) is 0 Å². The van der Waals surface area contributed by atoms with Crippen molar-refractivity contribution in [3.05, 3.63) is 34.3 Å². The number of halogens is 1. The molecule has 0 saturated heterocycles. The molecule has 2 heteroatoms. The second-order valence-electron chi connectivity index (χ2n) is 10.6. The third-order valence-corrected chi connectivity index (χ3v) is 9.13. The van der Waals surface area contributed by atoms with Crippen LogP contribution in [0.4, 0.5) is 0 Å². The molecule has 0 heterocycles. The fourth-order valence-electron chi connectivity index (χ4n) is 7.64. The van der Waals surface area contributed by atoms with Crippen LogP contribution in [0.15, 0.2) is 18.2 Å².